The van der Waals surface area contributed by atoms with Crippen molar-refractivity contribution >= 4 is 24.0 Å². The van der Waals surface area contributed by atoms with Crippen LogP contribution in [-0.2, 0) is 9.47 Å². The Balaban J connectivity index is 1.65. The van der Waals surface area contributed by atoms with E-state index in [2.05, 4.69) is 25.2 Å². The van der Waals surface area contributed by atoms with Gasteiger partial charge in [-0.3, -0.25) is 0 Å². The van der Waals surface area contributed by atoms with E-state index in [1.807, 2.05) is 0 Å². The van der Waals surface area contributed by atoms with Crippen LogP contribution in [0.3, 0.4) is 0 Å². The molecule has 2 heterocycles. The van der Waals surface area contributed by atoms with E-state index >= 15 is 0 Å². The van der Waals surface area contributed by atoms with Crippen LogP contribution in [0.15, 0.2) is 35.6 Å². The SMILES string of the molecule is COC(=O)c1ccc(/C=N\Nc2ncc(F)c(N3CCOCC3)n2)cc1. The van der Waals surface area contributed by atoms with Crippen molar-refractivity contribution in [1.82, 2.24) is 9.97 Å². The fourth-order valence-corrected chi connectivity index (χ4v) is 2.40. The van der Waals surface area contributed by atoms with Crippen molar-refractivity contribution in [1.29, 1.82) is 0 Å². The van der Waals surface area contributed by atoms with Crippen molar-refractivity contribution in [2.45, 2.75) is 0 Å². The van der Waals surface area contributed by atoms with Gasteiger partial charge in [-0.25, -0.2) is 19.6 Å². The second-order valence-electron chi connectivity index (χ2n) is 5.45. The number of morpholine rings is 1. The van der Waals surface area contributed by atoms with Crippen LogP contribution in [0.2, 0.25) is 0 Å². The number of aromatic nitrogens is 2. The van der Waals surface area contributed by atoms with E-state index in [4.69, 9.17) is 4.74 Å². The lowest BCUT2D eigenvalue weighted by Gasteiger charge is -2.27. The lowest BCUT2D eigenvalue weighted by atomic mass is 10.1. The number of benzene rings is 1. The van der Waals surface area contributed by atoms with Crippen LogP contribution in [0.4, 0.5) is 16.2 Å². The topological polar surface area (TPSA) is 88.9 Å². The molecule has 1 aliphatic rings. The number of rotatable bonds is 5. The van der Waals surface area contributed by atoms with Gasteiger partial charge in [0.2, 0.25) is 5.95 Å². The first-order valence-corrected chi connectivity index (χ1v) is 8.00. The first-order valence-electron chi connectivity index (χ1n) is 8.00. The zero-order valence-corrected chi connectivity index (χ0v) is 14.2. The van der Waals surface area contributed by atoms with Crippen molar-refractivity contribution in [3.63, 3.8) is 0 Å². The predicted octanol–water partition coefficient (Wildman–Crippen LogP) is 1.68. The lowest BCUT2D eigenvalue weighted by Crippen LogP contribution is -2.37. The highest BCUT2D eigenvalue weighted by molar-refractivity contribution is 5.90. The van der Waals surface area contributed by atoms with Gasteiger partial charge in [0.15, 0.2) is 11.6 Å². The van der Waals surface area contributed by atoms with Crippen molar-refractivity contribution in [3.8, 4) is 0 Å². The Morgan fingerprint density at radius 3 is 2.77 bits per heavy atom. The first kappa shape index (κ1) is 17.7. The molecule has 3 rings (SSSR count). The van der Waals surface area contributed by atoms with E-state index in [1.54, 1.807) is 35.4 Å². The standard InChI is InChI=1S/C17H18FN5O3/c1-25-16(24)13-4-2-12(3-5-13)10-20-22-17-19-11-14(18)15(21-17)23-6-8-26-9-7-23/h2-5,10-11H,6-9H2,1H3,(H,19,21,22)/b20-10-. The van der Waals surface area contributed by atoms with Crippen molar-refractivity contribution in [2.75, 3.05) is 43.7 Å². The van der Waals surface area contributed by atoms with Crippen LogP contribution >= 0.6 is 0 Å². The molecule has 0 radical (unpaired) electrons. The molecule has 1 N–H and O–H groups in total. The number of ether oxygens (including phenoxy) is 2. The maximum Gasteiger partial charge on any atom is 0.337 e. The minimum atomic E-state index is -0.486. The molecular formula is C17H18FN5O3. The fourth-order valence-electron chi connectivity index (χ4n) is 2.40. The molecule has 136 valence electrons. The predicted molar refractivity (Wildman–Crippen MR) is 94.0 cm³/mol. The monoisotopic (exact) mass is 359 g/mol. The highest BCUT2D eigenvalue weighted by Crippen LogP contribution is 2.18. The summed E-state index contributed by atoms with van der Waals surface area (Å²) < 4.78 is 23.9. The summed E-state index contributed by atoms with van der Waals surface area (Å²) >= 11 is 0. The number of anilines is 2. The molecule has 0 unspecified atom stereocenters. The Bertz CT molecular complexity index is 791. The Hall–Kier alpha value is -3.07. The van der Waals surface area contributed by atoms with Gasteiger partial charge < -0.3 is 14.4 Å². The van der Waals surface area contributed by atoms with Gasteiger partial charge in [0.1, 0.15) is 0 Å². The van der Waals surface area contributed by atoms with E-state index in [1.165, 1.54) is 7.11 Å². The summed E-state index contributed by atoms with van der Waals surface area (Å²) in [5.74, 6) is -0.472. The first-order chi connectivity index (χ1) is 12.7. The largest absolute Gasteiger partial charge is 0.465 e. The van der Waals surface area contributed by atoms with Crippen molar-refractivity contribution in [3.05, 3.63) is 47.4 Å². The van der Waals surface area contributed by atoms with E-state index in [0.29, 0.717) is 31.9 Å². The number of hydrogen-bond donors (Lipinski definition) is 1. The normalized spacial score (nSPS) is 14.5. The van der Waals surface area contributed by atoms with Crippen LogP contribution in [0, 0.1) is 5.82 Å². The van der Waals surface area contributed by atoms with Crippen molar-refractivity contribution in [2.24, 2.45) is 5.10 Å². The third-order valence-corrected chi connectivity index (χ3v) is 3.75. The summed E-state index contributed by atoms with van der Waals surface area (Å²) in [5, 5.41) is 4.04. The summed E-state index contributed by atoms with van der Waals surface area (Å²) in [4.78, 5) is 21.2. The van der Waals surface area contributed by atoms with Gasteiger partial charge in [0.05, 0.1) is 38.3 Å². The minimum absolute atomic E-state index is 0.190. The molecule has 0 bridgehead atoms. The molecule has 1 fully saturated rings. The van der Waals surface area contributed by atoms with Gasteiger partial charge >= 0.3 is 5.97 Å². The number of hydrazone groups is 1. The third-order valence-electron chi connectivity index (χ3n) is 3.75. The summed E-state index contributed by atoms with van der Waals surface area (Å²) in [5.41, 5.74) is 3.90. The number of nitrogens with zero attached hydrogens (tertiary/aromatic N) is 4. The van der Waals surface area contributed by atoms with Gasteiger partial charge in [0.25, 0.3) is 0 Å². The number of halogens is 1. The van der Waals surface area contributed by atoms with Crippen molar-refractivity contribution < 1.29 is 18.7 Å². The molecular weight excluding hydrogens is 341 g/mol. The average molecular weight is 359 g/mol. The molecule has 1 aliphatic heterocycles. The number of methoxy groups -OCH3 is 1. The maximum atomic E-state index is 14.0. The molecule has 1 aromatic carbocycles. The highest BCUT2D eigenvalue weighted by Gasteiger charge is 2.17. The van der Waals surface area contributed by atoms with Crippen LogP contribution in [-0.4, -0.2) is 55.6 Å². The van der Waals surface area contributed by atoms with E-state index in [-0.39, 0.29) is 11.8 Å². The summed E-state index contributed by atoms with van der Waals surface area (Å²) in [7, 11) is 1.33. The fraction of sp³-hybridized carbons (Fsp3) is 0.294. The van der Waals surface area contributed by atoms with Gasteiger partial charge in [-0.1, -0.05) is 12.1 Å². The molecule has 2 aromatic rings. The van der Waals surface area contributed by atoms with E-state index < -0.39 is 11.8 Å². The van der Waals surface area contributed by atoms with Gasteiger partial charge in [-0.2, -0.15) is 10.1 Å². The average Bonchev–Trinajstić information content (AvgIpc) is 2.70. The van der Waals surface area contributed by atoms with Crippen LogP contribution in [0.5, 0.6) is 0 Å². The zero-order chi connectivity index (χ0) is 18.4. The molecule has 1 aromatic heterocycles. The molecule has 0 saturated carbocycles. The molecule has 26 heavy (non-hydrogen) atoms. The van der Waals surface area contributed by atoms with Crippen LogP contribution in [0.25, 0.3) is 0 Å². The smallest absolute Gasteiger partial charge is 0.337 e. The molecule has 9 heteroatoms. The summed E-state index contributed by atoms with van der Waals surface area (Å²) in [6.45, 7) is 2.21. The molecule has 0 amide bonds. The highest BCUT2D eigenvalue weighted by atomic mass is 19.1. The molecule has 8 nitrogen and oxygen atoms in total. The molecule has 1 saturated heterocycles. The second-order valence-corrected chi connectivity index (χ2v) is 5.45. The lowest BCUT2D eigenvalue weighted by molar-refractivity contribution is 0.0600. The Morgan fingerprint density at radius 1 is 1.35 bits per heavy atom. The Morgan fingerprint density at radius 2 is 2.08 bits per heavy atom. The maximum absolute atomic E-state index is 14.0. The molecule has 0 spiro atoms. The quantitative estimate of drug-likeness (QED) is 0.494. The van der Waals surface area contributed by atoms with Gasteiger partial charge in [0, 0.05) is 13.1 Å². The van der Waals surface area contributed by atoms with E-state index in [0.717, 1.165) is 11.8 Å². The Kier molecular flexibility index (Phi) is 5.69. The molecule has 0 aliphatic carbocycles. The second kappa shape index (κ2) is 8.34. The number of carbonyl (C=O) groups is 1. The van der Waals surface area contributed by atoms with Gasteiger partial charge in [-0.15, -0.1) is 0 Å². The number of esters is 1. The molecule has 0 atom stereocenters. The summed E-state index contributed by atoms with van der Waals surface area (Å²) in [6.07, 6.45) is 2.66. The number of carbonyl (C=O) groups excluding carboxylic acids is 1. The van der Waals surface area contributed by atoms with Crippen LogP contribution in [0.1, 0.15) is 15.9 Å². The van der Waals surface area contributed by atoms with Gasteiger partial charge in [-0.05, 0) is 17.7 Å². The Labute approximate surface area is 149 Å². The van der Waals surface area contributed by atoms with E-state index in [9.17, 15) is 9.18 Å². The number of nitrogens with one attached hydrogen (secondary N) is 1. The minimum Gasteiger partial charge on any atom is -0.465 e. The summed E-state index contributed by atoms with van der Waals surface area (Å²) in [6, 6.07) is 6.72. The van der Waals surface area contributed by atoms with Crippen LogP contribution < -0.4 is 10.3 Å². The number of hydrogen-bond acceptors (Lipinski definition) is 8. The zero-order valence-electron chi connectivity index (χ0n) is 14.2. The third kappa shape index (κ3) is 4.31.